The second kappa shape index (κ2) is 5.43. The molecule has 0 bridgehead atoms. The maximum Gasteiger partial charge on any atom is 0.272 e. The fourth-order valence-corrected chi connectivity index (χ4v) is 1.48. The fraction of sp³-hybridized carbons (Fsp3) is 0. The van der Waals surface area contributed by atoms with E-state index in [4.69, 9.17) is 4.74 Å². The van der Waals surface area contributed by atoms with E-state index in [9.17, 15) is 23.7 Å². The Morgan fingerprint density at radius 3 is 2.15 bits per heavy atom. The van der Waals surface area contributed by atoms with Crippen molar-refractivity contribution in [3.05, 3.63) is 63.7 Å². The minimum absolute atomic E-state index is 0.110. The Hall–Kier alpha value is -2.83. The van der Waals surface area contributed by atoms with Gasteiger partial charge in [-0.15, -0.1) is 0 Å². The first kappa shape index (κ1) is 13.6. The summed E-state index contributed by atoms with van der Waals surface area (Å²) in [6.07, 6.45) is 0.458. The molecule has 0 saturated carbocycles. The molecule has 20 heavy (non-hydrogen) atoms. The van der Waals surface area contributed by atoms with E-state index in [-0.39, 0.29) is 17.1 Å². The summed E-state index contributed by atoms with van der Waals surface area (Å²) in [5.41, 5.74) is -0.328. The Morgan fingerprint density at radius 1 is 1.05 bits per heavy atom. The van der Waals surface area contributed by atoms with Gasteiger partial charge in [-0.2, -0.15) is 0 Å². The number of ether oxygens (including phenoxy) is 1. The number of nitrogens with zero attached hydrogens (tertiary/aromatic N) is 1. The minimum atomic E-state index is -0.988. The van der Waals surface area contributed by atoms with Crippen LogP contribution in [0.1, 0.15) is 10.4 Å². The lowest BCUT2D eigenvalue weighted by atomic mass is 10.2. The number of non-ortho nitro benzene ring substituents is 1. The molecule has 0 unspecified atom stereocenters. The number of aldehydes is 1. The molecule has 0 aliphatic carbocycles. The highest BCUT2D eigenvalue weighted by atomic mass is 19.1. The maximum atomic E-state index is 13.6. The zero-order valence-electron chi connectivity index (χ0n) is 9.88. The van der Waals surface area contributed by atoms with Crippen molar-refractivity contribution in [2.24, 2.45) is 0 Å². The normalized spacial score (nSPS) is 10.1. The summed E-state index contributed by atoms with van der Waals surface area (Å²) in [7, 11) is 0. The van der Waals surface area contributed by atoms with Gasteiger partial charge in [0, 0.05) is 11.6 Å². The summed E-state index contributed by atoms with van der Waals surface area (Å²) >= 11 is 0. The van der Waals surface area contributed by atoms with Gasteiger partial charge < -0.3 is 4.74 Å². The lowest BCUT2D eigenvalue weighted by Crippen LogP contribution is -1.94. The minimum Gasteiger partial charge on any atom is -0.451 e. The number of halogens is 2. The molecule has 0 heterocycles. The van der Waals surface area contributed by atoms with E-state index in [0.29, 0.717) is 12.4 Å². The summed E-state index contributed by atoms with van der Waals surface area (Å²) in [6, 6.07) is 6.14. The van der Waals surface area contributed by atoms with Crippen molar-refractivity contribution < 1.29 is 23.2 Å². The number of carbonyl (C=O) groups excluding carboxylic acids is 1. The predicted molar refractivity (Wildman–Crippen MR) is 64.9 cm³/mol. The van der Waals surface area contributed by atoms with Crippen molar-refractivity contribution in [3.63, 3.8) is 0 Å². The van der Waals surface area contributed by atoms with Crippen molar-refractivity contribution in [2.45, 2.75) is 0 Å². The summed E-state index contributed by atoms with van der Waals surface area (Å²) < 4.78 is 32.1. The molecule has 2 aromatic rings. The van der Waals surface area contributed by atoms with Crippen molar-refractivity contribution >= 4 is 12.0 Å². The van der Waals surface area contributed by atoms with E-state index in [1.165, 1.54) is 12.1 Å². The molecule has 5 nitrogen and oxygen atoms in total. The Labute approximate surface area is 111 Å². The van der Waals surface area contributed by atoms with Crippen LogP contribution in [0.3, 0.4) is 0 Å². The zero-order valence-corrected chi connectivity index (χ0v) is 9.88. The Balaban J connectivity index is 2.30. The molecule has 2 aromatic carbocycles. The van der Waals surface area contributed by atoms with Gasteiger partial charge >= 0.3 is 0 Å². The van der Waals surface area contributed by atoms with Crippen LogP contribution in [0.15, 0.2) is 36.4 Å². The van der Waals surface area contributed by atoms with Crippen molar-refractivity contribution in [1.29, 1.82) is 0 Å². The highest BCUT2D eigenvalue weighted by Crippen LogP contribution is 2.29. The van der Waals surface area contributed by atoms with Gasteiger partial charge in [-0.05, 0) is 24.3 Å². The second-order valence-corrected chi connectivity index (χ2v) is 3.78. The van der Waals surface area contributed by atoms with Gasteiger partial charge in [0.2, 0.25) is 0 Å². The van der Waals surface area contributed by atoms with E-state index in [2.05, 4.69) is 0 Å². The third-order valence-electron chi connectivity index (χ3n) is 2.44. The molecule has 0 aliphatic heterocycles. The topological polar surface area (TPSA) is 69.4 Å². The highest BCUT2D eigenvalue weighted by molar-refractivity contribution is 5.75. The lowest BCUT2D eigenvalue weighted by Gasteiger charge is -2.07. The van der Waals surface area contributed by atoms with E-state index in [1.807, 2.05) is 0 Å². The second-order valence-electron chi connectivity index (χ2n) is 3.78. The Kier molecular flexibility index (Phi) is 3.69. The molecule has 0 saturated heterocycles. The molecule has 2 rings (SSSR count). The van der Waals surface area contributed by atoms with Crippen LogP contribution in [-0.2, 0) is 0 Å². The van der Waals surface area contributed by atoms with E-state index in [1.54, 1.807) is 0 Å². The fourth-order valence-electron chi connectivity index (χ4n) is 1.48. The molecule has 0 amide bonds. The molecular formula is C13H7F2NO4. The lowest BCUT2D eigenvalue weighted by molar-refractivity contribution is -0.385. The van der Waals surface area contributed by atoms with Crippen LogP contribution in [0.5, 0.6) is 11.5 Å². The standard InChI is InChI=1S/C13H7F2NO4/c14-10-5-8(7-17)1-3-12(10)20-13-4-2-9(16(18)19)6-11(13)15/h1-7H. The summed E-state index contributed by atoms with van der Waals surface area (Å²) in [5, 5.41) is 10.5. The van der Waals surface area contributed by atoms with Crippen LogP contribution in [0.25, 0.3) is 0 Å². The number of hydrogen-bond acceptors (Lipinski definition) is 4. The average Bonchev–Trinajstić information content (AvgIpc) is 2.42. The van der Waals surface area contributed by atoms with Crippen LogP contribution in [0.4, 0.5) is 14.5 Å². The number of nitro groups is 1. The van der Waals surface area contributed by atoms with Gasteiger partial charge in [0.1, 0.15) is 6.29 Å². The summed E-state index contributed by atoms with van der Waals surface area (Å²) in [4.78, 5) is 20.1. The third kappa shape index (κ3) is 2.77. The van der Waals surface area contributed by atoms with E-state index in [0.717, 1.165) is 18.2 Å². The Bertz CT molecular complexity index is 688. The largest absolute Gasteiger partial charge is 0.451 e. The predicted octanol–water partition coefficient (Wildman–Crippen LogP) is 3.48. The SMILES string of the molecule is O=Cc1ccc(Oc2ccc([N+](=O)[O-])cc2F)c(F)c1. The smallest absolute Gasteiger partial charge is 0.272 e. The van der Waals surface area contributed by atoms with E-state index >= 15 is 0 Å². The van der Waals surface area contributed by atoms with Crippen molar-refractivity contribution in [3.8, 4) is 11.5 Å². The number of carbonyl (C=O) groups is 1. The molecule has 102 valence electrons. The van der Waals surface area contributed by atoms with Gasteiger partial charge in [0.25, 0.3) is 5.69 Å². The number of nitro benzene ring substituents is 1. The van der Waals surface area contributed by atoms with Crippen LogP contribution >= 0.6 is 0 Å². The highest BCUT2D eigenvalue weighted by Gasteiger charge is 2.14. The third-order valence-corrected chi connectivity index (χ3v) is 2.44. The van der Waals surface area contributed by atoms with Gasteiger partial charge in [-0.3, -0.25) is 14.9 Å². The van der Waals surface area contributed by atoms with Crippen LogP contribution in [-0.4, -0.2) is 11.2 Å². The molecule has 0 spiro atoms. The van der Waals surface area contributed by atoms with Gasteiger partial charge in [0.15, 0.2) is 23.1 Å². The molecule has 0 aliphatic rings. The molecule has 0 N–H and O–H groups in total. The van der Waals surface area contributed by atoms with Gasteiger partial charge in [-0.25, -0.2) is 8.78 Å². The number of hydrogen-bond donors (Lipinski definition) is 0. The van der Waals surface area contributed by atoms with Crippen molar-refractivity contribution in [2.75, 3.05) is 0 Å². The van der Waals surface area contributed by atoms with Gasteiger partial charge in [-0.1, -0.05) is 0 Å². The van der Waals surface area contributed by atoms with E-state index < -0.39 is 22.2 Å². The van der Waals surface area contributed by atoms with Crippen molar-refractivity contribution in [1.82, 2.24) is 0 Å². The summed E-state index contributed by atoms with van der Waals surface area (Å²) in [5.74, 6) is -2.47. The first-order valence-electron chi connectivity index (χ1n) is 5.38. The first-order chi connectivity index (χ1) is 9.51. The molecule has 7 heteroatoms. The maximum absolute atomic E-state index is 13.6. The monoisotopic (exact) mass is 279 g/mol. The quantitative estimate of drug-likeness (QED) is 0.488. The molecular weight excluding hydrogens is 272 g/mol. The van der Waals surface area contributed by atoms with Crippen LogP contribution < -0.4 is 4.74 Å². The number of benzene rings is 2. The molecule has 0 atom stereocenters. The molecule has 0 radical (unpaired) electrons. The average molecular weight is 279 g/mol. The van der Waals surface area contributed by atoms with Gasteiger partial charge in [0.05, 0.1) is 11.0 Å². The zero-order chi connectivity index (χ0) is 14.7. The van der Waals surface area contributed by atoms with Crippen LogP contribution in [0.2, 0.25) is 0 Å². The number of rotatable bonds is 4. The molecule has 0 fully saturated rings. The first-order valence-corrected chi connectivity index (χ1v) is 5.38. The molecule has 0 aromatic heterocycles. The Morgan fingerprint density at radius 2 is 1.65 bits per heavy atom. The summed E-state index contributed by atoms with van der Waals surface area (Å²) in [6.45, 7) is 0. The van der Waals surface area contributed by atoms with Crippen LogP contribution in [0, 0.1) is 21.7 Å².